The number of benzene rings is 2. The summed E-state index contributed by atoms with van der Waals surface area (Å²) in [5, 5.41) is 5.83. The van der Waals surface area contributed by atoms with Gasteiger partial charge in [0.1, 0.15) is 0 Å². The molecule has 3 amide bonds. The van der Waals surface area contributed by atoms with Crippen molar-refractivity contribution >= 4 is 46.4 Å². The van der Waals surface area contributed by atoms with Crippen LogP contribution in [0.15, 0.2) is 36.4 Å². The van der Waals surface area contributed by atoms with Crippen LogP contribution in [0.3, 0.4) is 0 Å². The predicted octanol–water partition coefficient (Wildman–Crippen LogP) is 3.78. The van der Waals surface area contributed by atoms with Crippen LogP contribution in [0.1, 0.15) is 30.9 Å². The van der Waals surface area contributed by atoms with Crippen LogP contribution in [-0.2, 0) is 27.2 Å². The topological polar surface area (TPSA) is 78.5 Å². The van der Waals surface area contributed by atoms with Gasteiger partial charge >= 0.3 is 0 Å². The van der Waals surface area contributed by atoms with Gasteiger partial charge in [-0.1, -0.05) is 17.7 Å². The summed E-state index contributed by atoms with van der Waals surface area (Å²) in [4.78, 5) is 38.3. The van der Waals surface area contributed by atoms with Crippen molar-refractivity contribution in [1.29, 1.82) is 0 Å². The number of aryl methyl sites for hydroxylation is 2. The Labute approximate surface area is 174 Å². The van der Waals surface area contributed by atoms with E-state index >= 15 is 0 Å². The van der Waals surface area contributed by atoms with E-state index in [1.165, 1.54) is 18.1 Å². The van der Waals surface area contributed by atoms with E-state index in [4.69, 9.17) is 11.6 Å². The van der Waals surface area contributed by atoms with Gasteiger partial charge in [0.25, 0.3) is 0 Å². The van der Waals surface area contributed by atoms with Crippen LogP contribution in [0.5, 0.6) is 0 Å². The number of nitrogens with zero attached hydrogens (tertiary/aromatic N) is 1. The molecule has 0 radical (unpaired) electrons. The highest BCUT2D eigenvalue weighted by Gasteiger charge is 2.35. The van der Waals surface area contributed by atoms with E-state index in [1.807, 2.05) is 6.07 Å². The lowest BCUT2D eigenvalue weighted by molar-refractivity contribution is -0.122. The minimum absolute atomic E-state index is 0.0545. The summed E-state index contributed by atoms with van der Waals surface area (Å²) in [5.74, 6) is -0.989. The van der Waals surface area contributed by atoms with Gasteiger partial charge in [-0.15, -0.1) is 0 Å². The van der Waals surface area contributed by atoms with Crippen molar-refractivity contribution < 1.29 is 14.4 Å². The quantitative estimate of drug-likeness (QED) is 0.803. The van der Waals surface area contributed by atoms with Gasteiger partial charge in [-0.25, -0.2) is 0 Å². The van der Waals surface area contributed by atoms with Crippen LogP contribution in [0.4, 0.5) is 17.1 Å². The van der Waals surface area contributed by atoms with Crippen molar-refractivity contribution in [2.45, 2.75) is 32.6 Å². The van der Waals surface area contributed by atoms with Gasteiger partial charge in [0.2, 0.25) is 17.7 Å². The largest absolute Gasteiger partial charge is 0.326 e. The number of halogens is 1. The van der Waals surface area contributed by atoms with Gasteiger partial charge in [-0.05, 0) is 60.7 Å². The van der Waals surface area contributed by atoms with Gasteiger partial charge in [-0.2, -0.15) is 0 Å². The van der Waals surface area contributed by atoms with Crippen molar-refractivity contribution in [3.05, 3.63) is 52.5 Å². The van der Waals surface area contributed by atoms with Crippen molar-refractivity contribution in [2.24, 2.45) is 5.92 Å². The third kappa shape index (κ3) is 4.12. The molecule has 1 unspecified atom stereocenters. The fourth-order valence-corrected chi connectivity index (χ4v) is 4.16. The molecule has 1 atom stereocenters. The van der Waals surface area contributed by atoms with Crippen molar-refractivity contribution in [3.63, 3.8) is 0 Å². The van der Waals surface area contributed by atoms with E-state index in [0.29, 0.717) is 22.9 Å². The molecule has 4 rings (SSSR count). The van der Waals surface area contributed by atoms with E-state index in [-0.39, 0.29) is 24.1 Å². The third-order valence-corrected chi connectivity index (χ3v) is 5.76. The zero-order valence-corrected chi connectivity index (χ0v) is 16.9. The number of carbonyl (C=O) groups excluding carboxylic acids is 3. The molecule has 29 heavy (non-hydrogen) atoms. The van der Waals surface area contributed by atoms with Crippen LogP contribution in [0.25, 0.3) is 0 Å². The molecule has 1 saturated heterocycles. The molecule has 2 N–H and O–H groups in total. The molecule has 0 bridgehead atoms. The summed E-state index contributed by atoms with van der Waals surface area (Å²) >= 11 is 6.19. The number of hydrogen-bond acceptors (Lipinski definition) is 3. The van der Waals surface area contributed by atoms with Crippen molar-refractivity contribution in [2.75, 3.05) is 22.1 Å². The number of rotatable bonds is 4. The maximum atomic E-state index is 12.8. The summed E-state index contributed by atoms with van der Waals surface area (Å²) in [5.41, 5.74) is 4.45. The number of hydrogen-bond donors (Lipinski definition) is 2. The number of fused-ring (bicyclic) bond motifs is 1. The summed E-state index contributed by atoms with van der Waals surface area (Å²) in [7, 11) is 0. The van der Waals surface area contributed by atoms with Crippen molar-refractivity contribution in [1.82, 2.24) is 0 Å². The zero-order valence-electron chi connectivity index (χ0n) is 16.1. The third-order valence-electron chi connectivity index (χ3n) is 5.43. The molecule has 150 valence electrons. The maximum absolute atomic E-state index is 12.8. The van der Waals surface area contributed by atoms with E-state index in [0.717, 1.165) is 24.9 Å². The highest BCUT2D eigenvalue weighted by atomic mass is 35.5. The first kappa shape index (κ1) is 19.5. The lowest BCUT2D eigenvalue weighted by atomic mass is 10.1. The summed E-state index contributed by atoms with van der Waals surface area (Å²) < 4.78 is 0. The van der Waals surface area contributed by atoms with Crippen LogP contribution in [0, 0.1) is 5.92 Å². The summed E-state index contributed by atoms with van der Waals surface area (Å²) in [6.45, 7) is 1.75. The average Bonchev–Trinajstić information content (AvgIpc) is 3.29. The first-order chi connectivity index (χ1) is 13.9. The Morgan fingerprint density at radius 2 is 1.86 bits per heavy atom. The molecule has 2 aromatic carbocycles. The Morgan fingerprint density at radius 3 is 2.66 bits per heavy atom. The predicted molar refractivity (Wildman–Crippen MR) is 113 cm³/mol. The monoisotopic (exact) mass is 411 g/mol. The lowest BCUT2D eigenvalue weighted by Gasteiger charge is -2.18. The van der Waals surface area contributed by atoms with E-state index in [9.17, 15) is 14.4 Å². The molecule has 0 aromatic heterocycles. The number of amides is 3. The molecule has 7 heteroatoms. The number of nitrogens with one attached hydrogen (secondary N) is 2. The first-order valence-electron chi connectivity index (χ1n) is 9.71. The molecule has 6 nitrogen and oxygen atoms in total. The molecule has 1 heterocycles. The Hall–Kier alpha value is -2.86. The molecule has 0 saturated carbocycles. The van der Waals surface area contributed by atoms with Gasteiger partial charge in [-0.3, -0.25) is 14.4 Å². The van der Waals surface area contributed by atoms with E-state index in [1.54, 1.807) is 23.1 Å². The lowest BCUT2D eigenvalue weighted by Crippen LogP contribution is -2.28. The Morgan fingerprint density at radius 1 is 1.07 bits per heavy atom. The Balaban J connectivity index is 1.46. The van der Waals surface area contributed by atoms with Gasteiger partial charge in [0.15, 0.2) is 0 Å². The highest BCUT2D eigenvalue weighted by Crippen LogP contribution is 2.32. The molecule has 1 aliphatic carbocycles. The molecule has 2 aliphatic rings. The molecule has 2 aromatic rings. The van der Waals surface area contributed by atoms with Crippen LogP contribution < -0.4 is 15.5 Å². The van der Waals surface area contributed by atoms with Crippen molar-refractivity contribution in [3.8, 4) is 0 Å². The minimum Gasteiger partial charge on any atom is -0.326 e. The second-order valence-corrected chi connectivity index (χ2v) is 7.98. The smallest absolute Gasteiger partial charge is 0.229 e. The van der Waals surface area contributed by atoms with Crippen LogP contribution in [0.2, 0.25) is 5.02 Å². The number of carbonyl (C=O) groups is 3. The fourth-order valence-electron chi connectivity index (χ4n) is 4.00. The van der Waals surface area contributed by atoms with Crippen LogP contribution in [-0.4, -0.2) is 24.3 Å². The first-order valence-corrected chi connectivity index (χ1v) is 10.1. The summed E-state index contributed by atoms with van der Waals surface area (Å²) in [6.07, 6.45) is 3.44. The second-order valence-electron chi connectivity index (χ2n) is 7.58. The minimum atomic E-state index is -0.462. The fraction of sp³-hybridized carbons (Fsp3) is 0.318. The van der Waals surface area contributed by atoms with Gasteiger partial charge in [0.05, 0.1) is 16.6 Å². The van der Waals surface area contributed by atoms with E-state index in [2.05, 4.69) is 22.8 Å². The SMILES string of the molecule is CC(=O)Nc1ccc(Cl)c(NC(=O)C2CC(=O)N(c3ccc4c(c3)CCC4)C2)c1. The molecule has 1 fully saturated rings. The molecule has 0 spiro atoms. The van der Waals surface area contributed by atoms with E-state index < -0.39 is 5.92 Å². The van der Waals surface area contributed by atoms with Gasteiger partial charge < -0.3 is 15.5 Å². The average molecular weight is 412 g/mol. The van der Waals surface area contributed by atoms with Gasteiger partial charge in [0, 0.05) is 31.3 Å². The standard InChI is InChI=1S/C22H22ClN3O3/c1-13(27)24-17-6-8-19(23)20(11-17)25-22(29)16-10-21(28)26(12-16)18-7-5-14-3-2-4-15(14)9-18/h5-9,11,16H,2-4,10,12H2,1H3,(H,24,27)(H,25,29). The Bertz CT molecular complexity index is 1000. The molecule has 1 aliphatic heterocycles. The number of anilines is 3. The molecular weight excluding hydrogens is 390 g/mol. The summed E-state index contributed by atoms with van der Waals surface area (Å²) in [6, 6.07) is 11.0. The maximum Gasteiger partial charge on any atom is 0.229 e. The molecular formula is C22H22ClN3O3. The second kappa shape index (κ2) is 7.87. The highest BCUT2D eigenvalue weighted by molar-refractivity contribution is 6.34. The van der Waals surface area contributed by atoms with Crippen LogP contribution >= 0.6 is 11.6 Å². The normalized spacial score (nSPS) is 17.9. The Kier molecular flexibility index (Phi) is 5.28. The zero-order chi connectivity index (χ0) is 20.5.